The first-order valence-electron chi connectivity index (χ1n) is 5.63. The molecule has 0 aliphatic carbocycles. The molecule has 6 nitrogen and oxygen atoms in total. The topological polar surface area (TPSA) is 86.7 Å². The molecule has 9 heteroatoms. The summed E-state index contributed by atoms with van der Waals surface area (Å²) in [5.41, 5.74) is 0. The van der Waals surface area contributed by atoms with Crippen LogP contribution < -0.4 is 0 Å². The minimum atomic E-state index is -2.23. The molecule has 124 valence electrons. The SMILES string of the molecule is C.CCOP(C)(C)=O.C[Si](C)(C)OP(C)(C)=O.O=C=O. The molecule has 0 radical (unpaired) electrons. The fourth-order valence-corrected chi connectivity index (χ4v) is 6.87. The predicted octanol–water partition coefficient (Wildman–Crippen LogP) is 3.99. The highest BCUT2D eigenvalue weighted by Crippen LogP contribution is 2.40. The lowest BCUT2D eigenvalue weighted by molar-refractivity contribution is -0.191. The van der Waals surface area contributed by atoms with Gasteiger partial charge in [0, 0.05) is 26.7 Å². The highest BCUT2D eigenvalue weighted by atomic mass is 31.2. The van der Waals surface area contributed by atoms with E-state index in [9.17, 15) is 9.13 Å². The predicted molar refractivity (Wildman–Crippen MR) is 86.7 cm³/mol. The van der Waals surface area contributed by atoms with Crippen molar-refractivity contribution < 1.29 is 27.5 Å². The zero-order valence-corrected chi connectivity index (χ0v) is 15.8. The molecule has 0 unspecified atom stereocenters. The van der Waals surface area contributed by atoms with Crippen molar-refractivity contribution in [2.45, 2.75) is 34.0 Å². The Morgan fingerprint density at radius 3 is 1.25 bits per heavy atom. The Labute approximate surface area is 124 Å². The third-order valence-corrected chi connectivity index (χ3v) is 5.76. The maximum Gasteiger partial charge on any atom is 0.373 e. The van der Waals surface area contributed by atoms with Crippen LogP contribution >= 0.6 is 14.7 Å². The van der Waals surface area contributed by atoms with Gasteiger partial charge in [0.05, 0.1) is 6.61 Å². The van der Waals surface area contributed by atoms with Gasteiger partial charge in [0.2, 0.25) is 0 Å². The van der Waals surface area contributed by atoms with Crippen LogP contribution in [0, 0.1) is 0 Å². The van der Waals surface area contributed by atoms with Gasteiger partial charge in [-0.3, -0.25) is 9.13 Å². The molecule has 0 aliphatic rings. The summed E-state index contributed by atoms with van der Waals surface area (Å²) in [5, 5.41) is 0. The average Bonchev–Trinajstić information content (AvgIpc) is 1.95. The lowest BCUT2D eigenvalue weighted by Gasteiger charge is -2.20. The molecule has 0 bridgehead atoms. The molecule has 0 aromatic heterocycles. The number of rotatable bonds is 4. The highest BCUT2D eigenvalue weighted by molar-refractivity contribution is 7.58. The minimum Gasteiger partial charge on any atom is -0.371 e. The lowest BCUT2D eigenvalue weighted by atomic mass is 10.9. The van der Waals surface area contributed by atoms with Crippen molar-refractivity contribution in [2.24, 2.45) is 0 Å². The second kappa shape index (κ2) is 12.7. The van der Waals surface area contributed by atoms with Gasteiger partial charge in [-0.05, 0) is 26.6 Å². The first-order valence-corrected chi connectivity index (χ1v) is 14.1. The van der Waals surface area contributed by atoms with E-state index in [-0.39, 0.29) is 13.6 Å². The van der Waals surface area contributed by atoms with Crippen molar-refractivity contribution in [2.75, 3.05) is 33.3 Å². The molecule has 0 amide bonds. The van der Waals surface area contributed by atoms with E-state index in [4.69, 9.17) is 18.3 Å². The molecule has 0 fully saturated rings. The molecule has 0 spiro atoms. The summed E-state index contributed by atoms with van der Waals surface area (Å²) >= 11 is 0. The van der Waals surface area contributed by atoms with Gasteiger partial charge in [-0.2, -0.15) is 9.59 Å². The molecule has 0 aromatic rings. The Morgan fingerprint density at radius 1 is 0.950 bits per heavy atom. The van der Waals surface area contributed by atoms with E-state index in [2.05, 4.69) is 0 Å². The summed E-state index contributed by atoms with van der Waals surface area (Å²) in [5.74, 6) is 0. The molecule has 0 heterocycles. The number of carbonyl (C=O) groups excluding carboxylic acids is 2. The zero-order valence-electron chi connectivity index (χ0n) is 13.1. The van der Waals surface area contributed by atoms with Gasteiger partial charge in [0.25, 0.3) is 0 Å². The molecule has 0 rings (SSSR count). The van der Waals surface area contributed by atoms with E-state index < -0.39 is 23.1 Å². The summed E-state index contributed by atoms with van der Waals surface area (Å²) in [6, 6.07) is 0. The van der Waals surface area contributed by atoms with Crippen molar-refractivity contribution in [3.8, 4) is 0 Å². The molecule has 0 saturated heterocycles. The molecule has 0 saturated carbocycles. The minimum absolute atomic E-state index is 0. The van der Waals surface area contributed by atoms with Crippen LogP contribution in [0.3, 0.4) is 0 Å². The maximum absolute atomic E-state index is 11.0. The van der Waals surface area contributed by atoms with Crippen molar-refractivity contribution >= 4 is 29.2 Å². The Bertz CT molecular complexity index is 346. The molecule has 0 atom stereocenters. The molecule has 0 aliphatic heterocycles. The van der Waals surface area contributed by atoms with Crippen LogP contribution in [0.25, 0.3) is 0 Å². The van der Waals surface area contributed by atoms with E-state index in [0.29, 0.717) is 6.61 Å². The molecule has 20 heavy (non-hydrogen) atoms. The van der Waals surface area contributed by atoms with Gasteiger partial charge in [-0.25, -0.2) is 0 Å². The summed E-state index contributed by atoms with van der Waals surface area (Å²) in [6.07, 6.45) is 0.250. The van der Waals surface area contributed by atoms with Gasteiger partial charge in [0.1, 0.15) is 0 Å². The maximum atomic E-state index is 11.0. The Hall–Kier alpha value is -0.0231. The quantitative estimate of drug-likeness (QED) is 0.564. The normalized spacial score (nSPS) is 10.8. The Balaban J connectivity index is -0.000000105. The summed E-state index contributed by atoms with van der Waals surface area (Å²) in [4.78, 5) is 16.2. The van der Waals surface area contributed by atoms with Crippen LogP contribution in [0.1, 0.15) is 14.4 Å². The van der Waals surface area contributed by atoms with Crippen molar-refractivity contribution in [1.82, 2.24) is 0 Å². The van der Waals surface area contributed by atoms with Gasteiger partial charge in [-0.1, -0.05) is 7.43 Å². The van der Waals surface area contributed by atoms with Gasteiger partial charge >= 0.3 is 6.15 Å². The molecular weight excluding hydrogens is 318 g/mol. The van der Waals surface area contributed by atoms with E-state index in [1.165, 1.54) is 0 Å². The van der Waals surface area contributed by atoms with Crippen molar-refractivity contribution in [3.05, 3.63) is 0 Å². The average molecular weight is 348 g/mol. The molecule has 0 N–H and O–H groups in total. The van der Waals surface area contributed by atoms with E-state index >= 15 is 0 Å². The largest absolute Gasteiger partial charge is 0.373 e. The van der Waals surface area contributed by atoms with Crippen LogP contribution in [0.2, 0.25) is 19.6 Å². The third-order valence-electron chi connectivity index (χ3n) is 0.934. The molecular formula is C11H30O6P2Si. The highest BCUT2D eigenvalue weighted by Gasteiger charge is 2.21. The fourth-order valence-electron chi connectivity index (χ4n) is 0.970. The van der Waals surface area contributed by atoms with Crippen LogP contribution in [-0.2, 0) is 27.5 Å². The van der Waals surface area contributed by atoms with Crippen LogP contribution in [0.4, 0.5) is 0 Å². The number of hydrogen-bond acceptors (Lipinski definition) is 6. The second-order valence-electron chi connectivity index (χ2n) is 5.21. The van der Waals surface area contributed by atoms with Gasteiger partial charge < -0.3 is 8.74 Å². The summed E-state index contributed by atoms with van der Waals surface area (Å²) in [7, 11) is -5.95. The van der Waals surface area contributed by atoms with Crippen LogP contribution in [0.15, 0.2) is 0 Å². The lowest BCUT2D eigenvalue weighted by Crippen LogP contribution is -2.22. The Morgan fingerprint density at radius 2 is 1.25 bits per heavy atom. The smallest absolute Gasteiger partial charge is 0.371 e. The van der Waals surface area contributed by atoms with E-state index in [0.717, 1.165) is 0 Å². The van der Waals surface area contributed by atoms with Crippen molar-refractivity contribution in [1.29, 1.82) is 0 Å². The third kappa shape index (κ3) is 52.1. The summed E-state index contributed by atoms with van der Waals surface area (Å²) in [6.45, 7) is 15.0. The van der Waals surface area contributed by atoms with Crippen molar-refractivity contribution in [3.63, 3.8) is 0 Å². The van der Waals surface area contributed by atoms with Gasteiger partial charge in [-0.15, -0.1) is 0 Å². The van der Waals surface area contributed by atoms with E-state index in [1.54, 1.807) is 26.7 Å². The Kier molecular flexibility index (Phi) is 17.9. The fraction of sp³-hybridized carbons (Fsp3) is 0.909. The number of hydrogen-bond donors (Lipinski definition) is 0. The van der Waals surface area contributed by atoms with Crippen LogP contribution in [0.5, 0.6) is 0 Å². The zero-order chi connectivity index (χ0) is 16.3. The van der Waals surface area contributed by atoms with E-state index in [1.807, 2.05) is 26.6 Å². The second-order valence-corrected chi connectivity index (χ2v) is 15.4. The van der Waals surface area contributed by atoms with Crippen LogP contribution in [-0.4, -0.2) is 47.7 Å². The first kappa shape index (κ1) is 28.2. The standard InChI is InChI=1S/C5H15O2PSi.C4H11O2P.CO2.CH4/c1-8(2,6)7-9(3,4)5;1-4-6-7(2,3)5;2-1-3;/h1-5H3;4H2,1-3H3;;1H4. The first-order chi connectivity index (χ1) is 8.18. The molecule has 0 aromatic carbocycles. The monoisotopic (exact) mass is 348 g/mol. The van der Waals surface area contributed by atoms with Gasteiger partial charge in [0.15, 0.2) is 23.1 Å². The summed E-state index contributed by atoms with van der Waals surface area (Å²) < 4.78 is 31.7.